The Morgan fingerprint density at radius 3 is 2.40 bits per heavy atom. The number of carbonyl (C=O) groups is 1. The fourth-order valence-electron chi connectivity index (χ4n) is 3.62. The van der Waals surface area contributed by atoms with Gasteiger partial charge in [0, 0.05) is 22.3 Å². The minimum atomic E-state index is -0.383. The summed E-state index contributed by atoms with van der Waals surface area (Å²) < 4.78 is 5.65. The highest BCUT2D eigenvalue weighted by Gasteiger charge is 2.39. The second-order valence-electron chi connectivity index (χ2n) is 7.17. The van der Waals surface area contributed by atoms with Gasteiger partial charge in [0.25, 0.3) is 0 Å². The molecule has 0 radical (unpaired) electrons. The third kappa shape index (κ3) is 4.15. The lowest BCUT2D eigenvalue weighted by Gasteiger charge is -2.19. The minimum Gasteiger partial charge on any atom is -0.508 e. The maximum Gasteiger partial charge on any atom is 0.171 e. The van der Waals surface area contributed by atoms with Gasteiger partial charge >= 0.3 is 0 Å². The molecule has 0 aromatic heterocycles. The van der Waals surface area contributed by atoms with Crippen LogP contribution in [0.1, 0.15) is 32.7 Å². The van der Waals surface area contributed by atoms with Gasteiger partial charge in [-0.1, -0.05) is 18.2 Å². The van der Waals surface area contributed by atoms with Gasteiger partial charge in [-0.3, -0.25) is 4.79 Å². The van der Waals surface area contributed by atoms with Crippen molar-refractivity contribution in [1.82, 2.24) is 5.32 Å². The summed E-state index contributed by atoms with van der Waals surface area (Å²) in [5.74, 6) is 0.733. The lowest BCUT2D eigenvalue weighted by atomic mass is 9.85. The molecule has 3 aromatic rings. The van der Waals surface area contributed by atoms with Gasteiger partial charge in [0.2, 0.25) is 0 Å². The van der Waals surface area contributed by atoms with E-state index in [1.165, 1.54) is 0 Å². The smallest absolute Gasteiger partial charge is 0.171 e. The molecule has 0 saturated heterocycles. The molecule has 154 valence electrons. The number of nitrogens with one attached hydrogen (secondary N) is 1. The summed E-state index contributed by atoms with van der Waals surface area (Å²) in [4.78, 5) is 14.4. The Labute approximate surface area is 179 Å². The van der Waals surface area contributed by atoms with E-state index in [0.717, 1.165) is 28.3 Å². The second kappa shape index (κ2) is 8.81. The van der Waals surface area contributed by atoms with Gasteiger partial charge in [-0.05, 0) is 66.7 Å². The predicted octanol–water partition coefficient (Wildman–Crippen LogP) is 4.51. The van der Waals surface area contributed by atoms with Crippen molar-refractivity contribution in [3.63, 3.8) is 0 Å². The molecule has 6 heteroatoms. The van der Waals surface area contributed by atoms with Gasteiger partial charge in [-0.15, -0.1) is 11.8 Å². The van der Waals surface area contributed by atoms with Crippen LogP contribution in [-0.4, -0.2) is 36.2 Å². The molecule has 0 fully saturated rings. The highest BCUT2D eigenvalue weighted by atomic mass is 32.2. The fourth-order valence-corrected chi connectivity index (χ4v) is 5.11. The van der Waals surface area contributed by atoms with E-state index in [2.05, 4.69) is 5.32 Å². The van der Waals surface area contributed by atoms with Crippen LogP contribution in [-0.2, 0) is 0 Å². The van der Waals surface area contributed by atoms with Crippen LogP contribution < -0.4 is 10.1 Å². The van der Waals surface area contributed by atoms with E-state index >= 15 is 0 Å². The summed E-state index contributed by atoms with van der Waals surface area (Å²) in [5, 5.41) is 22.4. The molecule has 0 spiro atoms. The molecule has 0 saturated carbocycles. The van der Waals surface area contributed by atoms with E-state index in [0.29, 0.717) is 12.2 Å². The number of benzene rings is 3. The zero-order chi connectivity index (χ0) is 21.1. The van der Waals surface area contributed by atoms with E-state index in [1.807, 2.05) is 37.4 Å². The normalized spacial score (nSPS) is 17.5. The van der Waals surface area contributed by atoms with Crippen LogP contribution in [0.15, 0.2) is 71.6 Å². The number of phenolic OH excluding ortho intramolecular Hbond substituents is 2. The van der Waals surface area contributed by atoms with Gasteiger partial charge < -0.3 is 20.3 Å². The zero-order valence-electron chi connectivity index (χ0n) is 16.5. The fraction of sp³-hybridized carbons (Fsp3) is 0.208. The molecule has 30 heavy (non-hydrogen) atoms. The highest BCUT2D eigenvalue weighted by molar-refractivity contribution is 8.00. The first-order valence-corrected chi connectivity index (χ1v) is 10.6. The molecule has 4 rings (SSSR count). The topological polar surface area (TPSA) is 78.8 Å². The Kier molecular flexibility index (Phi) is 5.97. The quantitative estimate of drug-likeness (QED) is 0.385. The summed E-state index contributed by atoms with van der Waals surface area (Å²) in [5.41, 5.74) is 2.49. The average Bonchev–Trinajstić information content (AvgIpc) is 3.13. The zero-order valence-corrected chi connectivity index (χ0v) is 17.4. The number of hydrogen-bond donors (Lipinski definition) is 3. The van der Waals surface area contributed by atoms with Crippen molar-refractivity contribution < 1.29 is 19.7 Å². The monoisotopic (exact) mass is 421 g/mol. The molecular weight excluding hydrogens is 398 g/mol. The van der Waals surface area contributed by atoms with Gasteiger partial charge in [0.15, 0.2) is 5.78 Å². The maximum atomic E-state index is 13.5. The van der Waals surface area contributed by atoms with E-state index in [1.54, 1.807) is 48.2 Å². The Bertz CT molecular complexity index is 1030. The van der Waals surface area contributed by atoms with Gasteiger partial charge in [0.05, 0.1) is 5.92 Å². The van der Waals surface area contributed by atoms with E-state index in [4.69, 9.17) is 4.74 Å². The first kappa shape index (κ1) is 20.3. The maximum absolute atomic E-state index is 13.5. The summed E-state index contributed by atoms with van der Waals surface area (Å²) in [7, 11) is 1.87. The lowest BCUT2D eigenvalue weighted by Crippen LogP contribution is -2.17. The lowest BCUT2D eigenvalue weighted by molar-refractivity contribution is 0.0958. The number of thioether (sulfide) groups is 1. The van der Waals surface area contributed by atoms with Gasteiger partial charge in [-0.25, -0.2) is 0 Å². The summed E-state index contributed by atoms with van der Waals surface area (Å²) >= 11 is 1.56. The summed E-state index contributed by atoms with van der Waals surface area (Å²) in [6.07, 6.45) is 0. The third-order valence-electron chi connectivity index (χ3n) is 5.15. The molecule has 3 aromatic carbocycles. The summed E-state index contributed by atoms with van der Waals surface area (Å²) in [6, 6.07) is 19.4. The van der Waals surface area contributed by atoms with Crippen LogP contribution in [0.3, 0.4) is 0 Å². The Balaban J connectivity index is 1.64. The van der Waals surface area contributed by atoms with E-state index in [9.17, 15) is 15.0 Å². The molecule has 2 unspecified atom stereocenters. The number of ether oxygens (including phenoxy) is 1. The van der Waals surface area contributed by atoms with Crippen molar-refractivity contribution in [3.8, 4) is 17.2 Å². The van der Waals surface area contributed by atoms with Gasteiger partial charge in [-0.2, -0.15) is 0 Å². The largest absolute Gasteiger partial charge is 0.508 e. The number of phenols is 2. The number of likely N-dealkylation sites (N-methyl/N-ethyl adjacent to an activating group) is 1. The van der Waals surface area contributed by atoms with Crippen molar-refractivity contribution in [1.29, 1.82) is 0 Å². The van der Waals surface area contributed by atoms with Crippen molar-refractivity contribution in [2.75, 3.05) is 20.2 Å². The Hall–Kier alpha value is -2.96. The van der Waals surface area contributed by atoms with E-state index < -0.39 is 0 Å². The molecule has 1 aliphatic heterocycles. The van der Waals surface area contributed by atoms with Crippen LogP contribution in [0.25, 0.3) is 0 Å². The molecular formula is C24H23NO4S. The number of aromatic hydroxyl groups is 2. The molecule has 0 bridgehead atoms. The Morgan fingerprint density at radius 1 is 1.00 bits per heavy atom. The molecule has 2 atom stereocenters. The first-order valence-electron chi connectivity index (χ1n) is 9.77. The number of rotatable bonds is 7. The number of Topliss-reactive ketones (excluding diaryl/α,β-unsaturated/α-hetero) is 1. The third-order valence-corrected chi connectivity index (χ3v) is 6.56. The van der Waals surface area contributed by atoms with E-state index in [-0.39, 0.29) is 28.5 Å². The van der Waals surface area contributed by atoms with Crippen LogP contribution in [0.5, 0.6) is 17.2 Å². The minimum absolute atomic E-state index is 0.0202. The predicted molar refractivity (Wildman–Crippen MR) is 118 cm³/mol. The highest BCUT2D eigenvalue weighted by Crippen LogP contribution is 2.56. The summed E-state index contributed by atoms with van der Waals surface area (Å²) in [6.45, 7) is 1.31. The van der Waals surface area contributed by atoms with Crippen molar-refractivity contribution >= 4 is 17.5 Å². The molecule has 1 aliphatic rings. The van der Waals surface area contributed by atoms with Crippen LogP contribution in [0, 0.1) is 0 Å². The molecule has 0 aliphatic carbocycles. The molecule has 5 nitrogen and oxygen atoms in total. The number of fused-ring (bicyclic) bond motifs is 1. The van der Waals surface area contributed by atoms with Gasteiger partial charge in [0.1, 0.15) is 23.9 Å². The molecule has 0 amide bonds. The molecule has 1 heterocycles. The average molecular weight is 422 g/mol. The second-order valence-corrected chi connectivity index (χ2v) is 8.35. The number of hydrogen-bond acceptors (Lipinski definition) is 6. The number of ketones is 1. The standard InChI is InChI=1S/C24H23NO4S/c1-25-12-13-29-19-9-4-15(5-10-19)23(28)22-20-11-8-18(27)14-21(20)30-24(22)16-2-6-17(26)7-3-16/h2-11,14,22,24-27H,12-13H2,1H3. The van der Waals surface area contributed by atoms with Crippen molar-refractivity contribution in [3.05, 3.63) is 83.4 Å². The number of carbonyl (C=O) groups excluding carboxylic acids is 1. The Morgan fingerprint density at radius 2 is 1.70 bits per heavy atom. The van der Waals surface area contributed by atoms with Crippen molar-refractivity contribution in [2.45, 2.75) is 16.1 Å². The van der Waals surface area contributed by atoms with Crippen molar-refractivity contribution in [2.24, 2.45) is 0 Å². The first-order chi connectivity index (χ1) is 14.6. The SMILES string of the molecule is CNCCOc1ccc(C(=O)C2c3ccc(O)cc3SC2c2ccc(O)cc2)cc1. The molecule has 3 N–H and O–H groups in total. The van der Waals surface area contributed by atoms with Crippen LogP contribution >= 0.6 is 11.8 Å². The van der Waals surface area contributed by atoms with Crippen LogP contribution in [0.4, 0.5) is 0 Å². The van der Waals surface area contributed by atoms with Crippen LogP contribution in [0.2, 0.25) is 0 Å².